The van der Waals surface area contributed by atoms with Crippen molar-refractivity contribution in [1.29, 1.82) is 0 Å². The summed E-state index contributed by atoms with van der Waals surface area (Å²) in [6.45, 7) is 15.0. The lowest BCUT2D eigenvalue weighted by molar-refractivity contribution is -0.118. The molecule has 0 bridgehead atoms. The highest BCUT2D eigenvalue weighted by Gasteiger charge is 2.34. The zero-order valence-electron chi connectivity index (χ0n) is 21.7. The molecule has 0 saturated heterocycles. The van der Waals surface area contributed by atoms with Crippen molar-refractivity contribution in [3.8, 4) is 0 Å². The molecule has 0 radical (unpaired) electrons. The highest BCUT2D eigenvalue weighted by molar-refractivity contribution is 9.10. The van der Waals surface area contributed by atoms with Crippen LogP contribution in [-0.2, 0) is 27.6 Å². The van der Waals surface area contributed by atoms with E-state index in [2.05, 4.69) is 45.3 Å². The number of hydrogen-bond donors (Lipinski definition) is 2. The first-order valence-corrected chi connectivity index (χ1v) is 17.6. The van der Waals surface area contributed by atoms with Gasteiger partial charge in [0.05, 0.1) is 11.7 Å². The fraction of sp³-hybridized carbons (Fsp3) is 0.783. The summed E-state index contributed by atoms with van der Waals surface area (Å²) in [5, 5.41) is 9.85. The van der Waals surface area contributed by atoms with E-state index < -0.39 is 36.2 Å². The van der Waals surface area contributed by atoms with Crippen LogP contribution in [0.2, 0.25) is 25.7 Å². The fourth-order valence-electron chi connectivity index (χ4n) is 3.19. The monoisotopic (exact) mass is 579 g/mol. The van der Waals surface area contributed by atoms with Crippen molar-refractivity contribution >= 4 is 47.1 Å². The number of halogens is 1. The van der Waals surface area contributed by atoms with Crippen LogP contribution in [0, 0.1) is 0 Å². The zero-order chi connectivity index (χ0) is 26.1. The van der Waals surface area contributed by atoms with Crippen molar-refractivity contribution in [1.82, 2.24) is 14.3 Å². The van der Waals surface area contributed by atoms with Crippen LogP contribution < -0.4 is 4.72 Å². The molecule has 0 aliphatic heterocycles. The van der Waals surface area contributed by atoms with E-state index in [0.717, 1.165) is 25.3 Å². The average molecular weight is 581 g/mol. The van der Waals surface area contributed by atoms with Crippen LogP contribution in [-0.4, -0.2) is 50.4 Å². The molecule has 0 aliphatic carbocycles. The SMILES string of the molecule is CCC(=O)CCCCCC(N[S+]([O-])C(C)(C)C)c1c(C(=O)O)nc(Br)n1COCC[Si](C)(C)C. The number of aromatic nitrogens is 2. The summed E-state index contributed by atoms with van der Waals surface area (Å²) in [5.41, 5.74) is 0.375. The van der Waals surface area contributed by atoms with Gasteiger partial charge in [0.1, 0.15) is 17.3 Å². The van der Waals surface area contributed by atoms with Gasteiger partial charge in [-0.2, -0.15) is 0 Å². The second-order valence-electron chi connectivity index (χ2n) is 10.7. The summed E-state index contributed by atoms with van der Waals surface area (Å²) >= 11 is 1.98. The summed E-state index contributed by atoms with van der Waals surface area (Å²) in [6, 6.07) is 0.500. The third-order valence-electron chi connectivity index (χ3n) is 5.36. The van der Waals surface area contributed by atoms with Gasteiger partial charge in [-0.3, -0.25) is 9.36 Å². The maximum atomic E-state index is 13.0. The molecule has 2 N–H and O–H groups in total. The number of nitrogens with one attached hydrogen (secondary N) is 1. The zero-order valence-corrected chi connectivity index (χ0v) is 25.1. The van der Waals surface area contributed by atoms with Crippen molar-refractivity contribution < 1.29 is 24.0 Å². The number of rotatable bonds is 16. The number of ether oxygens (including phenoxy) is 1. The molecule has 0 spiro atoms. The normalized spacial score (nSPS) is 14.3. The number of carboxylic acid groups (broad SMARTS) is 1. The van der Waals surface area contributed by atoms with E-state index >= 15 is 0 Å². The van der Waals surface area contributed by atoms with E-state index in [4.69, 9.17) is 4.74 Å². The van der Waals surface area contributed by atoms with E-state index in [1.54, 1.807) is 4.57 Å². The molecule has 0 fully saturated rings. The summed E-state index contributed by atoms with van der Waals surface area (Å²) in [5.74, 6) is -0.896. The molecule has 0 saturated carbocycles. The van der Waals surface area contributed by atoms with Crippen LogP contribution in [0.1, 0.15) is 88.4 Å². The van der Waals surface area contributed by atoms with Crippen molar-refractivity contribution in [3.63, 3.8) is 0 Å². The fourth-order valence-corrected chi connectivity index (χ4v) is 5.26. The van der Waals surface area contributed by atoms with Crippen molar-refractivity contribution in [2.45, 2.75) is 109 Å². The predicted molar refractivity (Wildman–Crippen MR) is 143 cm³/mol. The number of aromatic carboxylic acids is 1. The van der Waals surface area contributed by atoms with Gasteiger partial charge in [0, 0.05) is 38.9 Å². The van der Waals surface area contributed by atoms with E-state index in [9.17, 15) is 19.2 Å². The van der Waals surface area contributed by atoms with Crippen LogP contribution >= 0.6 is 15.9 Å². The summed E-state index contributed by atoms with van der Waals surface area (Å²) in [4.78, 5) is 27.9. The van der Waals surface area contributed by atoms with E-state index in [-0.39, 0.29) is 18.2 Å². The minimum absolute atomic E-state index is 0.0785. The second-order valence-corrected chi connectivity index (χ2v) is 19.1. The Balaban J connectivity index is 3.14. The number of Topliss-reactive ketones (excluding diaryl/α,β-unsaturated/α-hetero) is 1. The molecule has 0 aliphatic rings. The van der Waals surface area contributed by atoms with Gasteiger partial charge in [-0.15, -0.1) is 4.72 Å². The third kappa shape index (κ3) is 10.9. The van der Waals surface area contributed by atoms with Gasteiger partial charge in [-0.1, -0.05) is 39.4 Å². The molecule has 1 aromatic heterocycles. The van der Waals surface area contributed by atoms with Gasteiger partial charge in [-0.25, -0.2) is 9.78 Å². The number of nitrogens with zero attached hydrogens (tertiary/aromatic N) is 2. The van der Waals surface area contributed by atoms with Gasteiger partial charge < -0.3 is 14.4 Å². The molecule has 34 heavy (non-hydrogen) atoms. The summed E-state index contributed by atoms with van der Waals surface area (Å²) < 4.78 is 23.6. The standard InChI is InChI=1S/C23H42BrN3O5SSi/c1-8-17(28)12-10-9-11-13-18(26-33(31)23(2,3)4)20-19(21(29)30)25-22(24)27(20)16-32-14-15-34(5,6)7/h18,26H,8-16H2,1-7H3,(H,29,30). The first kappa shape index (κ1) is 31.3. The Morgan fingerprint density at radius 3 is 2.44 bits per heavy atom. The van der Waals surface area contributed by atoms with Gasteiger partial charge in [-0.05, 0) is 55.6 Å². The van der Waals surface area contributed by atoms with E-state index in [1.807, 2.05) is 27.7 Å². The molecular formula is C23H42BrN3O5SSi. The van der Waals surface area contributed by atoms with Crippen LogP contribution in [0.4, 0.5) is 0 Å². The molecule has 1 heterocycles. The maximum Gasteiger partial charge on any atom is 0.356 e. The Bertz CT molecular complexity index is 808. The van der Waals surface area contributed by atoms with Gasteiger partial charge in [0.25, 0.3) is 0 Å². The molecule has 196 valence electrons. The number of carbonyl (C=O) groups excluding carboxylic acids is 1. The number of unbranched alkanes of at least 4 members (excludes halogenated alkanes) is 2. The smallest absolute Gasteiger partial charge is 0.356 e. The predicted octanol–water partition coefficient (Wildman–Crippen LogP) is 5.68. The highest BCUT2D eigenvalue weighted by Crippen LogP contribution is 2.30. The molecule has 8 nitrogen and oxygen atoms in total. The summed E-state index contributed by atoms with van der Waals surface area (Å²) in [7, 11) is -1.27. The minimum atomic E-state index is -1.41. The summed E-state index contributed by atoms with van der Waals surface area (Å²) in [6.07, 6.45) is 4.04. The van der Waals surface area contributed by atoms with Crippen molar-refractivity contribution in [2.75, 3.05) is 6.61 Å². The highest BCUT2D eigenvalue weighted by atomic mass is 79.9. The van der Waals surface area contributed by atoms with Crippen molar-refractivity contribution in [2.24, 2.45) is 0 Å². The minimum Gasteiger partial charge on any atom is -0.598 e. The molecule has 1 aromatic rings. The number of carboxylic acids is 1. The molecule has 0 amide bonds. The first-order valence-electron chi connectivity index (χ1n) is 11.9. The lowest BCUT2D eigenvalue weighted by atomic mass is 10.0. The molecule has 2 atom stereocenters. The van der Waals surface area contributed by atoms with Gasteiger partial charge in [0.15, 0.2) is 10.4 Å². The van der Waals surface area contributed by atoms with E-state index in [0.29, 0.717) is 36.3 Å². The van der Waals surface area contributed by atoms with E-state index in [1.165, 1.54) is 0 Å². The lowest BCUT2D eigenvalue weighted by Crippen LogP contribution is -2.42. The molecular weight excluding hydrogens is 538 g/mol. The maximum absolute atomic E-state index is 13.0. The Morgan fingerprint density at radius 1 is 1.26 bits per heavy atom. The van der Waals surface area contributed by atoms with Gasteiger partial charge >= 0.3 is 5.97 Å². The number of carbonyl (C=O) groups is 2. The Hall–Kier alpha value is -0.723. The van der Waals surface area contributed by atoms with Gasteiger partial charge in [0.2, 0.25) is 0 Å². The second kappa shape index (κ2) is 14.1. The molecule has 0 aromatic carbocycles. The molecule has 2 unspecified atom stereocenters. The Kier molecular flexibility index (Phi) is 13.0. The van der Waals surface area contributed by atoms with Crippen LogP contribution in [0.25, 0.3) is 0 Å². The number of hydrogen-bond acceptors (Lipinski definition) is 6. The van der Waals surface area contributed by atoms with Crippen LogP contribution in [0.5, 0.6) is 0 Å². The molecule has 11 heteroatoms. The van der Waals surface area contributed by atoms with Crippen molar-refractivity contribution in [3.05, 3.63) is 16.1 Å². The number of imidazole rings is 1. The first-order chi connectivity index (χ1) is 15.7. The largest absolute Gasteiger partial charge is 0.598 e. The third-order valence-corrected chi connectivity index (χ3v) is 9.28. The van der Waals surface area contributed by atoms with Crippen LogP contribution in [0.15, 0.2) is 4.73 Å². The quantitative estimate of drug-likeness (QED) is 0.147. The Morgan fingerprint density at radius 2 is 1.91 bits per heavy atom. The van der Waals surface area contributed by atoms with Crippen LogP contribution in [0.3, 0.4) is 0 Å². The Labute approximate surface area is 217 Å². The molecule has 1 rings (SSSR count). The average Bonchev–Trinajstić information content (AvgIpc) is 3.04. The lowest BCUT2D eigenvalue weighted by Gasteiger charge is -2.29. The number of ketones is 1. The topological polar surface area (TPSA) is 117 Å².